The van der Waals surface area contributed by atoms with Crippen molar-refractivity contribution in [3.05, 3.63) is 64.4 Å². The van der Waals surface area contributed by atoms with E-state index in [2.05, 4.69) is 43.2 Å². The summed E-state index contributed by atoms with van der Waals surface area (Å²) in [6.07, 6.45) is 1.95. The number of fused-ring (bicyclic) bond motifs is 1. The van der Waals surface area contributed by atoms with Crippen LogP contribution in [0.25, 0.3) is 17.2 Å². The molecule has 0 saturated heterocycles. The van der Waals surface area contributed by atoms with Gasteiger partial charge in [0.1, 0.15) is 11.3 Å². The fourth-order valence-corrected chi connectivity index (χ4v) is 3.53. The Morgan fingerprint density at radius 2 is 1.96 bits per heavy atom. The van der Waals surface area contributed by atoms with Crippen LogP contribution in [0, 0.1) is 6.92 Å². The third-order valence-corrected chi connectivity index (χ3v) is 4.93. The van der Waals surface area contributed by atoms with Gasteiger partial charge in [-0.15, -0.1) is 10.2 Å². The highest BCUT2D eigenvalue weighted by Gasteiger charge is 2.17. The first-order valence-corrected chi connectivity index (χ1v) is 9.13. The lowest BCUT2D eigenvalue weighted by molar-refractivity contribution is 0.464. The van der Waals surface area contributed by atoms with E-state index in [-0.39, 0.29) is 0 Å². The van der Waals surface area contributed by atoms with E-state index in [0.717, 1.165) is 27.3 Å². The number of hydrogen-bond acceptors (Lipinski definition) is 5. The molecule has 0 spiro atoms. The Labute approximate surface area is 151 Å². The summed E-state index contributed by atoms with van der Waals surface area (Å²) in [5, 5.41) is 8.90. The number of aryl methyl sites for hydroxylation is 1. The Balaban J connectivity index is 1.63. The molecule has 3 aromatic heterocycles. The van der Waals surface area contributed by atoms with E-state index in [1.807, 2.05) is 47.9 Å². The zero-order valence-electron chi connectivity index (χ0n) is 12.8. The molecule has 0 aliphatic carbocycles. The molecule has 7 heteroatoms. The Morgan fingerprint density at radius 1 is 1.12 bits per heavy atom. The van der Waals surface area contributed by atoms with Crippen LogP contribution >= 0.6 is 27.7 Å². The summed E-state index contributed by atoms with van der Waals surface area (Å²) < 4.78 is 8.76. The van der Waals surface area contributed by atoms with Crippen LogP contribution in [-0.2, 0) is 5.75 Å². The van der Waals surface area contributed by atoms with Gasteiger partial charge in [-0.3, -0.25) is 4.40 Å². The van der Waals surface area contributed by atoms with Crippen molar-refractivity contribution in [2.75, 3.05) is 0 Å². The number of thioether (sulfide) groups is 1. The molecule has 0 saturated carbocycles. The molecule has 0 aliphatic rings. The van der Waals surface area contributed by atoms with Crippen molar-refractivity contribution in [3.63, 3.8) is 0 Å². The van der Waals surface area contributed by atoms with Gasteiger partial charge in [0, 0.05) is 16.4 Å². The number of hydrogen-bond donors (Lipinski definition) is 0. The van der Waals surface area contributed by atoms with Gasteiger partial charge in [0.25, 0.3) is 11.1 Å². The van der Waals surface area contributed by atoms with E-state index in [1.165, 1.54) is 17.3 Å². The van der Waals surface area contributed by atoms with Crippen LogP contribution in [0.2, 0.25) is 0 Å². The maximum atomic E-state index is 5.84. The molecule has 0 unspecified atom stereocenters. The summed E-state index contributed by atoms with van der Waals surface area (Å²) in [5.74, 6) is 1.27. The van der Waals surface area contributed by atoms with Crippen LogP contribution in [0.3, 0.4) is 0 Å². The molecule has 0 N–H and O–H groups in total. The molecule has 120 valence electrons. The van der Waals surface area contributed by atoms with Gasteiger partial charge in [-0.25, -0.2) is 4.98 Å². The first-order chi connectivity index (χ1) is 11.7. The normalized spacial score (nSPS) is 11.2. The van der Waals surface area contributed by atoms with Gasteiger partial charge in [0.05, 0.1) is 5.69 Å². The number of aromatic nitrogens is 4. The fourth-order valence-electron chi connectivity index (χ4n) is 2.48. The van der Waals surface area contributed by atoms with Crippen molar-refractivity contribution in [1.82, 2.24) is 19.6 Å². The summed E-state index contributed by atoms with van der Waals surface area (Å²) in [6.45, 7) is 1.94. The number of nitrogens with zero attached hydrogens (tertiary/aromatic N) is 4. The van der Waals surface area contributed by atoms with E-state index < -0.39 is 0 Å². The third-order valence-electron chi connectivity index (χ3n) is 3.57. The molecule has 5 nitrogen and oxygen atoms in total. The van der Waals surface area contributed by atoms with Crippen molar-refractivity contribution in [3.8, 4) is 11.6 Å². The van der Waals surface area contributed by atoms with Gasteiger partial charge in [-0.2, -0.15) is 0 Å². The van der Waals surface area contributed by atoms with E-state index in [4.69, 9.17) is 4.42 Å². The number of benzene rings is 1. The summed E-state index contributed by atoms with van der Waals surface area (Å²) in [7, 11) is 0. The van der Waals surface area contributed by atoms with Crippen molar-refractivity contribution >= 4 is 33.3 Å². The molecule has 0 atom stereocenters. The lowest BCUT2D eigenvalue weighted by Crippen LogP contribution is -1.89. The van der Waals surface area contributed by atoms with Crippen LogP contribution in [0.4, 0.5) is 0 Å². The summed E-state index contributed by atoms with van der Waals surface area (Å²) >= 11 is 5.01. The number of halogens is 1. The molecule has 0 amide bonds. The zero-order chi connectivity index (χ0) is 16.5. The molecule has 0 bridgehead atoms. The van der Waals surface area contributed by atoms with Crippen LogP contribution in [0.15, 0.2) is 62.8 Å². The smallest absolute Gasteiger partial charge is 0.277 e. The highest BCUT2D eigenvalue weighted by Crippen LogP contribution is 2.29. The second-order valence-corrected chi connectivity index (χ2v) is 7.11. The first-order valence-electron chi connectivity index (χ1n) is 7.35. The molecule has 3 heterocycles. The van der Waals surface area contributed by atoms with Gasteiger partial charge in [-0.05, 0) is 40.5 Å². The van der Waals surface area contributed by atoms with Gasteiger partial charge in [0.15, 0.2) is 0 Å². The predicted octanol–water partition coefficient (Wildman–Crippen LogP) is 4.75. The Hall–Kier alpha value is -2.12. The highest BCUT2D eigenvalue weighted by atomic mass is 79.9. The van der Waals surface area contributed by atoms with Crippen molar-refractivity contribution in [2.24, 2.45) is 0 Å². The second-order valence-electron chi connectivity index (χ2n) is 5.27. The van der Waals surface area contributed by atoms with Gasteiger partial charge in [0.2, 0.25) is 0 Å². The van der Waals surface area contributed by atoms with E-state index >= 15 is 0 Å². The molecule has 1 aromatic carbocycles. The van der Waals surface area contributed by atoms with E-state index in [9.17, 15) is 0 Å². The topological polar surface area (TPSA) is 56.2 Å². The largest absolute Gasteiger partial charge is 0.410 e. The van der Waals surface area contributed by atoms with Crippen LogP contribution < -0.4 is 0 Å². The van der Waals surface area contributed by atoms with Gasteiger partial charge < -0.3 is 4.42 Å². The Bertz CT molecular complexity index is 996. The predicted molar refractivity (Wildman–Crippen MR) is 96.9 cm³/mol. The second kappa shape index (κ2) is 6.41. The van der Waals surface area contributed by atoms with Crippen molar-refractivity contribution in [2.45, 2.75) is 17.9 Å². The molecule has 0 aliphatic heterocycles. The van der Waals surface area contributed by atoms with Gasteiger partial charge >= 0.3 is 0 Å². The van der Waals surface area contributed by atoms with Crippen LogP contribution in [0.5, 0.6) is 0 Å². The molecular formula is C17H13BrN4OS. The quantitative estimate of drug-likeness (QED) is 0.462. The number of pyridine rings is 1. The van der Waals surface area contributed by atoms with Gasteiger partial charge in [-0.1, -0.05) is 42.1 Å². The Morgan fingerprint density at radius 3 is 2.79 bits per heavy atom. The maximum Gasteiger partial charge on any atom is 0.277 e. The van der Waals surface area contributed by atoms with E-state index in [0.29, 0.717) is 11.1 Å². The molecule has 24 heavy (non-hydrogen) atoms. The highest BCUT2D eigenvalue weighted by molar-refractivity contribution is 9.10. The van der Waals surface area contributed by atoms with Crippen molar-refractivity contribution < 1.29 is 4.42 Å². The lowest BCUT2D eigenvalue weighted by Gasteiger charge is -1.99. The number of rotatable bonds is 4. The van der Waals surface area contributed by atoms with E-state index in [1.54, 1.807) is 0 Å². The monoisotopic (exact) mass is 400 g/mol. The Kier molecular flexibility index (Phi) is 4.12. The fraction of sp³-hybridized carbons (Fsp3) is 0.118. The van der Waals surface area contributed by atoms with Crippen molar-refractivity contribution in [1.29, 1.82) is 0 Å². The first kappa shape index (κ1) is 15.4. The zero-order valence-corrected chi connectivity index (χ0v) is 15.2. The maximum absolute atomic E-state index is 5.84. The SMILES string of the molecule is Cc1nc2ccc(Br)cn2c1-c1nnc(SCc2ccccc2)o1. The minimum atomic E-state index is 0.480. The summed E-state index contributed by atoms with van der Waals surface area (Å²) in [4.78, 5) is 4.54. The summed E-state index contributed by atoms with van der Waals surface area (Å²) in [5.41, 5.74) is 3.75. The van der Waals surface area contributed by atoms with Crippen LogP contribution in [-0.4, -0.2) is 19.6 Å². The molecule has 0 fully saturated rings. The average molecular weight is 401 g/mol. The molecule has 4 aromatic rings. The third kappa shape index (κ3) is 2.97. The number of imidazole rings is 1. The molecular weight excluding hydrogens is 388 g/mol. The van der Waals surface area contributed by atoms with Crippen LogP contribution in [0.1, 0.15) is 11.3 Å². The average Bonchev–Trinajstić information content (AvgIpc) is 3.17. The lowest BCUT2D eigenvalue weighted by atomic mass is 10.2. The molecule has 4 rings (SSSR count). The molecule has 0 radical (unpaired) electrons. The minimum absolute atomic E-state index is 0.480. The minimum Gasteiger partial charge on any atom is -0.410 e. The summed E-state index contributed by atoms with van der Waals surface area (Å²) in [6, 6.07) is 14.1. The standard InChI is InChI=1S/C17H13BrN4OS/c1-11-15(22-9-13(18)7-8-14(22)19-11)16-20-21-17(23-16)24-10-12-5-3-2-4-6-12/h2-9H,10H2,1H3.